The molecule has 0 spiro atoms. The summed E-state index contributed by atoms with van der Waals surface area (Å²) >= 11 is 6.22. The number of likely N-dealkylation sites (tertiary alicyclic amines) is 1. The summed E-state index contributed by atoms with van der Waals surface area (Å²) in [6, 6.07) is 5.98. The van der Waals surface area contributed by atoms with Crippen LogP contribution in [0.3, 0.4) is 0 Å². The lowest BCUT2D eigenvalue weighted by atomic mass is 10.1. The van der Waals surface area contributed by atoms with Gasteiger partial charge in [-0.05, 0) is 52.3 Å². The highest BCUT2D eigenvalue weighted by Crippen LogP contribution is 2.36. The molecular weight excluding hydrogens is 328 g/mol. The van der Waals surface area contributed by atoms with E-state index in [0.29, 0.717) is 17.1 Å². The number of carbonyl (C=O) groups excluding carboxylic acids is 2. The van der Waals surface area contributed by atoms with E-state index in [1.807, 2.05) is 37.8 Å². The monoisotopic (exact) mass is 350 g/mol. The number of halogens is 1. The Bertz CT molecular complexity index is 683. The van der Waals surface area contributed by atoms with Crippen LogP contribution in [0, 0.1) is 0 Å². The first-order valence-corrected chi connectivity index (χ1v) is 8.60. The predicted molar refractivity (Wildman–Crippen MR) is 93.9 cm³/mol. The quantitative estimate of drug-likeness (QED) is 0.762. The minimum absolute atomic E-state index is 0.0365. The Labute approximate surface area is 147 Å². The van der Waals surface area contributed by atoms with E-state index < -0.39 is 5.60 Å². The number of carbonyl (C=O) groups is 2. The molecule has 1 aromatic rings. The van der Waals surface area contributed by atoms with Crippen LogP contribution in [0.2, 0.25) is 5.02 Å². The van der Waals surface area contributed by atoms with E-state index in [1.165, 1.54) is 6.92 Å². The molecule has 5 nitrogen and oxygen atoms in total. The van der Waals surface area contributed by atoms with Crippen molar-refractivity contribution < 1.29 is 14.3 Å². The number of amides is 1. The second-order valence-electron chi connectivity index (χ2n) is 7.55. The van der Waals surface area contributed by atoms with E-state index in [9.17, 15) is 9.59 Å². The van der Waals surface area contributed by atoms with Crippen molar-refractivity contribution in [2.45, 2.75) is 51.8 Å². The molecule has 2 aliphatic rings. The molecule has 6 heteroatoms. The van der Waals surface area contributed by atoms with Gasteiger partial charge in [-0.25, -0.2) is 4.79 Å². The number of benzene rings is 1. The molecule has 1 amide bonds. The molecule has 0 aliphatic carbocycles. The number of ketones is 1. The smallest absolute Gasteiger partial charge is 0.410 e. The van der Waals surface area contributed by atoms with Gasteiger partial charge in [-0.15, -0.1) is 0 Å². The fourth-order valence-corrected chi connectivity index (χ4v) is 3.80. The van der Waals surface area contributed by atoms with Crippen LogP contribution in [0.15, 0.2) is 18.2 Å². The summed E-state index contributed by atoms with van der Waals surface area (Å²) in [6.07, 6.45) is 0.699. The highest BCUT2D eigenvalue weighted by atomic mass is 35.5. The molecule has 0 N–H and O–H groups in total. The van der Waals surface area contributed by atoms with Crippen LogP contribution in [-0.2, 0) is 4.74 Å². The lowest BCUT2D eigenvalue weighted by molar-refractivity contribution is 0.0214. The average molecular weight is 351 g/mol. The second-order valence-corrected chi connectivity index (χ2v) is 7.96. The standard InChI is InChI=1S/C18H23ClN2O3/c1-11(22)15-6-5-12(8-16(15)19)20-9-14-7-13(20)10-21(14)17(23)24-18(2,3)4/h5-6,8,13-14H,7,9-10H2,1-4H3/t13-,14-/m1/s1. The molecule has 0 unspecified atom stereocenters. The number of nitrogens with zero attached hydrogens (tertiary/aromatic N) is 2. The van der Waals surface area contributed by atoms with E-state index in [4.69, 9.17) is 16.3 Å². The molecule has 2 bridgehead atoms. The van der Waals surface area contributed by atoms with Gasteiger partial charge < -0.3 is 14.5 Å². The summed E-state index contributed by atoms with van der Waals surface area (Å²) in [5.41, 5.74) is 1.07. The lowest BCUT2D eigenvalue weighted by Gasteiger charge is -2.36. The van der Waals surface area contributed by atoms with E-state index >= 15 is 0 Å². The zero-order valence-corrected chi connectivity index (χ0v) is 15.3. The van der Waals surface area contributed by atoms with Crippen molar-refractivity contribution in [3.05, 3.63) is 28.8 Å². The molecule has 2 atom stereocenters. The van der Waals surface area contributed by atoms with E-state index in [-0.39, 0.29) is 24.0 Å². The summed E-state index contributed by atoms with van der Waals surface area (Å²) in [6.45, 7) is 8.57. The van der Waals surface area contributed by atoms with Crippen LogP contribution >= 0.6 is 11.6 Å². The van der Waals surface area contributed by atoms with Crippen molar-refractivity contribution in [1.82, 2.24) is 4.90 Å². The third kappa shape index (κ3) is 3.22. The first-order valence-electron chi connectivity index (χ1n) is 8.22. The number of hydrogen-bond acceptors (Lipinski definition) is 4. The van der Waals surface area contributed by atoms with Gasteiger partial charge in [-0.1, -0.05) is 11.6 Å². The summed E-state index contributed by atoms with van der Waals surface area (Å²) < 4.78 is 5.49. The number of Topliss-reactive ketones (excluding diaryl/α,β-unsaturated/α-hetero) is 1. The van der Waals surface area contributed by atoms with Gasteiger partial charge in [0.1, 0.15) is 5.60 Å². The third-order valence-corrected chi connectivity index (χ3v) is 4.84. The van der Waals surface area contributed by atoms with Gasteiger partial charge in [0.05, 0.1) is 11.1 Å². The van der Waals surface area contributed by atoms with Gasteiger partial charge >= 0.3 is 6.09 Å². The summed E-state index contributed by atoms with van der Waals surface area (Å²) in [5, 5.41) is 0.478. The van der Waals surface area contributed by atoms with Crippen molar-refractivity contribution in [2.24, 2.45) is 0 Å². The van der Waals surface area contributed by atoms with Crippen LogP contribution in [0.1, 0.15) is 44.5 Å². The van der Waals surface area contributed by atoms with Gasteiger partial charge in [0, 0.05) is 30.4 Å². The number of ether oxygens (including phenoxy) is 1. The normalized spacial score (nSPS) is 22.9. The molecule has 2 heterocycles. The minimum atomic E-state index is -0.478. The van der Waals surface area contributed by atoms with Crippen LogP contribution in [0.4, 0.5) is 10.5 Å². The van der Waals surface area contributed by atoms with Crippen molar-refractivity contribution in [3.63, 3.8) is 0 Å². The molecule has 0 saturated carbocycles. The zero-order chi connectivity index (χ0) is 17.6. The average Bonchev–Trinajstić information content (AvgIpc) is 3.04. The second kappa shape index (κ2) is 5.96. The summed E-state index contributed by atoms with van der Waals surface area (Å²) in [5.74, 6) is -0.0365. The Balaban J connectivity index is 1.71. The third-order valence-electron chi connectivity index (χ3n) is 4.53. The first kappa shape index (κ1) is 17.1. The molecule has 1 aromatic carbocycles. The van der Waals surface area contributed by atoms with E-state index in [2.05, 4.69) is 4.90 Å². The van der Waals surface area contributed by atoms with Crippen molar-refractivity contribution in [3.8, 4) is 0 Å². The number of rotatable bonds is 2. The Morgan fingerprint density at radius 1 is 1.21 bits per heavy atom. The van der Waals surface area contributed by atoms with Crippen molar-refractivity contribution in [1.29, 1.82) is 0 Å². The van der Waals surface area contributed by atoms with Crippen molar-refractivity contribution in [2.75, 3.05) is 18.0 Å². The van der Waals surface area contributed by atoms with Crippen molar-refractivity contribution >= 4 is 29.2 Å². The molecular formula is C18H23ClN2O3. The fraction of sp³-hybridized carbons (Fsp3) is 0.556. The maximum Gasteiger partial charge on any atom is 0.410 e. The molecule has 0 aromatic heterocycles. The van der Waals surface area contributed by atoms with E-state index in [1.54, 1.807) is 6.07 Å². The largest absolute Gasteiger partial charge is 0.444 e. The van der Waals surface area contributed by atoms with Gasteiger partial charge in [0.2, 0.25) is 0 Å². The van der Waals surface area contributed by atoms with Gasteiger partial charge in [0.15, 0.2) is 5.78 Å². The molecule has 24 heavy (non-hydrogen) atoms. The predicted octanol–water partition coefficient (Wildman–Crippen LogP) is 3.74. The molecule has 2 saturated heterocycles. The number of hydrogen-bond donors (Lipinski definition) is 0. The number of fused-ring (bicyclic) bond motifs is 2. The highest BCUT2D eigenvalue weighted by Gasteiger charge is 2.46. The number of piperazine rings is 1. The fourth-order valence-electron chi connectivity index (χ4n) is 3.50. The molecule has 3 rings (SSSR count). The Morgan fingerprint density at radius 3 is 2.42 bits per heavy atom. The molecule has 2 aliphatic heterocycles. The minimum Gasteiger partial charge on any atom is -0.444 e. The van der Waals surface area contributed by atoms with Gasteiger partial charge in [-0.2, -0.15) is 0 Å². The van der Waals surface area contributed by atoms with Crippen LogP contribution in [0.5, 0.6) is 0 Å². The van der Waals surface area contributed by atoms with Crippen LogP contribution < -0.4 is 4.90 Å². The lowest BCUT2D eigenvalue weighted by Crippen LogP contribution is -2.50. The highest BCUT2D eigenvalue weighted by molar-refractivity contribution is 6.34. The van der Waals surface area contributed by atoms with Crippen LogP contribution in [0.25, 0.3) is 0 Å². The first-order chi connectivity index (χ1) is 11.2. The van der Waals surface area contributed by atoms with Crippen LogP contribution in [-0.4, -0.2) is 47.6 Å². The van der Waals surface area contributed by atoms with Gasteiger partial charge in [0.25, 0.3) is 0 Å². The molecule has 130 valence electrons. The molecule has 2 fully saturated rings. The molecule has 0 radical (unpaired) electrons. The Kier molecular flexibility index (Phi) is 4.24. The van der Waals surface area contributed by atoms with E-state index in [0.717, 1.165) is 18.7 Å². The number of anilines is 1. The SMILES string of the molecule is CC(=O)c1ccc(N2C[C@H]3C[C@@H]2CN3C(=O)OC(C)(C)C)cc1Cl. The zero-order valence-electron chi connectivity index (χ0n) is 14.5. The maximum atomic E-state index is 12.3. The maximum absolute atomic E-state index is 12.3. The summed E-state index contributed by atoms with van der Waals surface area (Å²) in [4.78, 5) is 27.9. The van der Waals surface area contributed by atoms with Gasteiger partial charge in [-0.3, -0.25) is 4.79 Å². The summed E-state index contributed by atoms with van der Waals surface area (Å²) in [7, 11) is 0. The Morgan fingerprint density at radius 2 is 1.92 bits per heavy atom. The Hall–Kier alpha value is -1.75. The topological polar surface area (TPSA) is 49.9 Å².